The van der Waals surface area contributed by atoms with E-state index in [1.54, 1.807) is 17.0 Å². The van der Waals surface area contributed by atoms with Gasteiger partial charge >= 0.3 is 0 Å². The second-order valence-corrected chi connectivity index (χ2v) is 5.58. The molecule has 1 amide bonds. The molecular weight excluding hydrogens is 286 g/mol. The van der Waals surface area contributed by atoms with Gasteiger partial charge in [-0.3, -0.25) is 4.79 Å². The fraction of sp³-hybridized carbons (Fsp3) is 0.150. The summed E-state index contributed by atoms with van der Waals surface area (Å²) in [6.45, 7) is 4.58. The zero-order valence-corrected chi connectivity index (χ0v) is 13.3. The minimum Gasteiger partial charge on any atom is -0.459 e. The van der Waals surface area contributed by atoms with Gasteiger partial charge in [-0.25, -0.2) is 0 Å². The van der Waals surface area contributed by atoms with Gasteiger partial charge in [-0.1, -0.05) is 42.5 Å². The maximum absolute atomic E-state index is 12.9. The van der Waals surface area contributed by atoms with Gasteiger partial charge in [0.1, 0.15) is 0 Å². The van der Waals surface area contributed by atoms with Crippen LogP contribution >= 0.6 is 0 Å². The topological polar surface area (TPSA) is 33.5 Å². The van der Waals surface area contributed by atoms with E-state index in [-0.39, 0.29) is 5.91 Å². The Morgan fingerprint density at radius 3 is 2.26 bits per heavy atom. The Kier molecular flexibility index (Phi) is 4.29. The normalized spacial score (nSPS) is 10.5. The summed E-state index contributed by atoms with van der Waals surface area (Å²) >= 11 is 0. The maximum Gasteiger partial charge on any atom is 0.294 e. The third-order valence-corrected chi connectivity index (χ3v) is 3.97. The smallest absolute Gasteiger partial charge is 0.294 e. The lowest BCUT2D eigenvalue weighted by atomic mass is 10.1. The summed E-state index contributed by atoms with van der Waals surface area (Å²) in [7, 11) is 0. The van der Waals surface area contributed by atoms with Gasteiger partial charge in [0.15, 0.2) is 5.76 Å². The van der Waals surface area contributed by atoms with Crippen LogP contribution < -0.4 is 4.90 Å². The average molecular weight is 305 g/mol. The van der Waals surface area contributed by atoms with E-state index in [9.17, 15) is 4.79 Å². The molecule has 1 aromatic heterocycles. The first-order chi connectivity index (χ1) is 11.2. The molecule has 0 aliphatic rings. The SMILES string of the molecule is Cc1ccccc1CN(C(=O)c1ccco1)c1ccccc1C. The lowest BCUT2D eigenvalue weighted by Gasteiger charge is -2.24. The maximum atomic E-state index is 12.9. The third kappa shape index (κ3) is 3.19. The van der Waals surface area contributed by atoms with Crippen molar-refractivity contribution < 1.29 is 9.21 Å². The van der Waals surface area contributed by atoms with E-state index in [1.165, 1.54) is 11.8 Å². The van der Waals surface area contributed by atoms with Gasteiger partial charge in [-0.05, 0) is 48.7 Å². The van der Waals surface area contributed by atoms with Crippen molar-refractivity contribution in [1.82, 2.24) is 0 Å². The number of hydrogen-bond donors (Lipinski definition) is 0. The molecule has 0 fully saturated rings. The quantitative estimate of drug-likeness (QED) is 0.697. The fourth-order valence-electron chi connectivity index (χ4n) is 2.62. The van der Waals surface area contributed by atoms with Gasteiger partial charge in [0.05, 0.1) is 12.8 Å². The number of para-hydroxylation sites is 1. The van der Waals surface area contributed by atoms with E-state index in [2.05, 4.69) is 19.1 Å². The molecule has 0 spiro atoms. The van der Waals surface area contributed by atoms with Crippen molar-refractivity contribution in [1.29, 1.82) is 0 Å². The first-order valence-corrected chi connectivity index (χ1v) is 7.62. The minimum absolute atomic E-state index is 0.132. The zero-order valence-electron chi connectivity index (χ0n) is 13.3. The molecule has 0 saturated heterocycles. The molecule has 1 heterocycles. The molecule has 3 rings (SSSR count). The summed E-state index contributed by atoms with van der Waals surface area (Å²) in [6, 6.07) is 19.4. The Labute approximate surface area is 136 Å². The molecule has 0 atom stereocenters. The molecule has 0 N–H and O–H groups in total. The van der Waals surface area contributed by atoms with Gasteiger partial charge in [-0.15, -0.1) is 0 Å². The van der Waals surface area contributed by atoms with Crippen LogP contribution in [0.2, 0.25) is 0 Å². The van der Waals surface area contributed by atoms with Gasteiger partial charge in [-0.2, -0.15) is 0 Å². The molecule has 0 bridgehead atoms. The van der Waals surface area contributed by atoms with E-state index in [1.807, 2.05) is 43.3 Å². The number of rotatable bonds is 4. The molecule has 0 aliphatic carbocycles. The molecule has 3 heteroatoms. The lowest BCUT2D eigenvalue weighted by molar-refractivity contribution is 0.0958. The highest BCUT2D eigenvalue weighted by molar-refractivity contribution is 6.04. The van der Waals surface area contributed by atoms with Crippen LogP contribution in [-0.2, 0) is 6.54 Å². The number of carbonyl (C=O) groups is 1. The van der Waals surface area contributed by atoms with Crippen molar-refractivity contribution in [2.45, 2.75) is 20.4 Å². The van der Waals surface area contributed by atoms with Gasteiger partial charge in [0, 0.05) is 5.69 Å². The molecule has 3 nitrogen and oxygen atoms in total. The lowest BCUT2D eigenvalue weighted by Crippen LogP contribution is -2.31. The van der Waals surface area contributed by atoms with E-state index in [4.69, 9.17) is 4.42 Å². The number of furan rings is 1. The van der Waals surface area contributed by atoms with Crippen molar-refractivity contribution in [2.75, 3.05) is 4.90 Å². The minimum atomic E-state index is -0.132. The second kappa shape index (κ2) is 6.53. The highest BCUT2D eigenvalue weighted by Gasteiger charge is 2.22. The zero-order chi connectivity index (χ0) is 16.2. The third-order valence-electron chi connectivity index (χ3n) is 3.97. The molecule has 0 aliphatic heterocycles. The Balaban J connectivity index is 2.02. The van der Waals surface area contributed by atoms with Crippen LogP contribution in [0.25, 0.3) is 0 Å². The molecule has 23 heavy (non-hydrogen) atoms. The molecule has 0 radical (unpaired) electrons. The van der Waals surface area contributed by atoms with Crippen molar-refractivity contribution >= 4 is 11.6 Å². The van der Waals surface area contributed by atoms with Gasteiger partial charge < -0.3 is 9.32 Å². The second-order valence-electron chi connectivity index (χ2n) is 5.58. The molecular formula is C20H19NO2. The Morgan fingerprint density at radius 2 is 1.61 bits per heavy atom. The van der Waals surface area contributed by atoms with Gasteiger partial charge in [0.25, 0.3) is 5.91 Å². The summed E-state index contributed by atoms with van der Waals surface area (Å²) in [5, 5.41) is 0. The summed E-state index contributed by atoms with van der Waals surface area (Å²) in [4.78, 5) is 14.7. The van der Waals surface area contributed by atoms with E-state index >= 15 is 0 Å². The number of aryl methyl sites for hydroxylation is 2. The fourth-order valence-corrected chi connectivity index (χ4v) is 2.62. The van der Waals surface area contributed by atoms with E-state index in [0.717, 1.165) is 16.8 Å². The molecule has 0 saturated carbocycles. The van der Waals surface area contributed by atoms with Crippen molar-refractivity contribution in [3.8, 4) is 0 Å². The van der Waals surface area contributed by atoms with Crippen molar-refractivity contribution in [2.24, 2.45) is 0 Å². The van der Waals surface area contributed by atoms with Crippen LogP contribution in [-0.4, -0.2) is 5.91 Å². The van der Waals surface area contributed by atoms with Crippen LogP contribution in [0.15, 0.2) is 71.3 Å². The van der Waals surface area contributed by atoms with Crippen molar-refractivity contribution in [3.05, 3.63) is 89.4 Å². The molecule has 2 aromatic carbocycles. The highest BCUT2D eigenvalue weighted by Crippen LogP contribution is 2.25. The predicted molar refractivity (Wildman–Crippen MR) is 91.6 cm³/mol. The van der Waals surface area contributed by atoms with Crippen LogP contribution in [0.1, 0.15) is 27.2 Å². The number of nitrogens with zero attached hydrogens (tertiary/aromatic N) is 1. The van der Waals surface area contributed by atoms with E-state index < -0.39 is 0 Å². The van der Waals surface area contributed by atoms with Crippen LogP contribution in [0, 0.1) is 13.8 Å². The number of amides is 1. The summed E-state index contributed by atoms with van der Waals surface area (Å²) in [5.41, 5.74) is 4.24. The van der Waals surface area contributed by atoms with Crippen LogP contribution in [0.5, 0.6) is 0 Å². The Hall–Kier alpha value is -2.81. The first kappa shape index (κ1) is 15.1. The van der Waals surface area contributed by atoms with Crippen LogP contribution in [0.4, 0.5) is 5.69 Å². The molecule has 3 aromatic rings. The number of carbonyl (C=O) groups excluding carboxylic acids is 1. The summed E-state index contributed by atoms with van der Waals surface area (Å²) in [5.74, 6) is 0.217. The standard InChI is InChI=1S/C20H19NO2/c1-15-8-3-5-10-17(15)14-21(18-11-6-4-9-16(18)2)20(22)19-12-7-13-23-19/h3-13H,14H2,1-2H3. The van der Waals surface area contributed by atoms with Gasteiger partial charge in [0.2, 0.25) is 0 Å². The molecule has 116 valence electrons. The monoisotopic (exact) mass is 305 g/mol. The predicted octanol–water partition coefficient (Wildman–Crippen LogP) is 4.74. The largest absolute Gasteiger partial charge is 0.459 e. The average Bonchev–Trinajstić information content (AvgIpc) is 3.09. The number of benzene rings is 2. The van der Waals surface area contributed by atoms with Crippen molar-refractivity contribution in [3.63, 3.8) is 0 Å². The number of anilines is 1. The van der Waals surface area contributed by atoms with E-state index in [0.29, 0.717) is 12.3 Å². The Bertz CT molecular complexity index is 806. The van der Waals surface area contributed by atoms with Crippen LogP contribution in [0.3, 0.4) is 0 Å². The first-order valence-electron chi connectivity index (χ1n) is 7.62. The Morgan fingerprint density at radius 1 is 0.913 bits per heavy atom. The number of hydrogen-bond acceptors (Lipinski definition) is 2. The highest BCUT2D eigenvalue weighted by atomic mass is 16.3. The summed E-state index contributed by atoms with van der Waals surface area (Å²) in [6.07, 6.45) is 1.52. The molecule has 0 unspecified atom stereocenters. The summed E-state index contributed by atoms with van der Waals surface area (Å²) < 4.78 is 5.31.